The highest BCUT2D eigenvalue weighted by molar-refractivity contribution is 4.95. The number of hydrogen-bond acceptors (Lipinski definition) is 2. The lowest BCUT2D eigenvalue weighted by Crippen LogP contribution is -2.46. The molecule has 1 aliphatic heterocycles. The van der Waals surface area contributed by atoms with Crippen LogP contribution in [0.15, 0.2) is 0 Å². The topological polar surface area (TPSA) is 23.5 Å². The summed E-state index contributed by atoms with van der Waals surface area (Å²) in [6.45, 7) is 4.86. The zero-order valence-electron chi connectivity index (χ0n) is 11.9. The molecule has 3 rings (SSSR count). The van der Waals surface area contributed by atoms with E-state index < -0.39 is 0 Å². The number of aliphatic hydroxyl groups excluding tert-OH is 1. The van der Waals surface area contributed by atoms with E-state index in [2.05, 4.69) is 11.8 Å². The molecule has 0 spiro atoms. The summed E-state index contributed by atoms with van der Waals surface area (Å²) < 4.78 is 0. The lowest BCUT2D eigenvalue weighted by molar-refractivity contribution is 0.00844. The summed E-state index contributed by atoms with van der Waals surface area (Å²) in [5, 5.41) is 10.3. The summed E-state index contributed by atoms with van der Waals surface area (Å²) in [5.74, 6) is 2.80. The van der Waals surface area contributed by atoms with Crippen LogP contribution in [0.1, 0.15) is 58.3 Å². The molecule has 2 heteroatoms. The van der Waals surface area contributed by atoms with Crippen molar-refractivity contribution in [3.63, 3.8) is 0 Å². The summed E-state index contributed by atoms with van der Waals surface area (Å²) in [4.78, 5) is 2.65. The smallest absolute Gasteiger partial charge is 0.0695 e. The van der Waals surface area contributed by atoms with Crippen molar-refractivity contribution >= 4 is 0 Å². The van der Waals surface area contributed by atoms with Crippen LogP contribution >= 0.6 is 0 Å². The number of hydrogen-bond donors (Lipinski definition) is 1. The van der Waals surface area contributed by atoms with Gasteiger partial charge in [-0.25, -0.2) is 0 Å². The van der Waals surface area contributed by atoms with Gasteiger partial charge in [-0.3, -0.25) is 4.90 Å². The normalized spacial score (nSPS) is 45.3. The first-order valence-electron chi connectivity index (χ1n) is 8.20. The summed E-state index contributed by atoms with van der Waals surface area (Å²) in [7, 11) is 0. The van der Waals surface area contributed by atoms with E-state index >= 15 is 0 Å². The van der Waals surface area contributed by atoms with Gasteiger partial charge in [0.1, 0.15) is 0 Å². The molecule has 2 nitrogen and oxygen atoms in total. The van der Waals surface area contributed by atoms with Crippen LogP contribution in [0.4, 0.5) is 0 Å². The standard InChI is InChI=1S/C16H29NO/c1-2-4-12-7-8-16(18)15(9-12)17-10-13-5-3-6-14(13)11-17/h12-16,18H,2-11H2,1H3. The van der Waals surface area contributed by atoms with E-state index in [9.17, 15) is 5.11 Å². The molecule has 2 aliphatic carbocycles. The van der Waals surface area contributed by atoms with E-state index in [0.29, 0.717) is 6.04 Å². The maximum atomic E-state index is 10.3. The van der Waals surface area contributed by atoms with Crippen LogP contribution < -0.4 is 0 Å². The lowest BCUT2D eigenvalue weighted by atomic mass is 9.81. The van der Waals surface area contributed by atoms with Gasteiger partial charge in [0.15, 0.2) is 0 Å². The minimum atomic E-state index is -0.0445. The third-order valence-electron chi connectivity index (χ3n) is 5.81. The van der Waals surface area contributed by atoms with Crippen molar-refractivity contribution in [2.45, 2.75) is 70.4 Å². The van der Waals surface area contributed by atoms with Gasteiger partial charge >= 0.3 is 0 Å². The van der Waals surface area contributed by atoms with Crippen LogP contribution in [0.25, 0.3) is 0 Å². The predicted molar refractivity (Wildman–Crippen MR) is 74.4 cm³/mol. The van der Waals surface area contributed by atoms with E-state index in [0.717, 1.165) is 24.2 Å². The minimum absolute atomic E-state index is 0.0445. The van der Waals surface area contributed by atoms with Crippen LogP contribution in [0.3, 0.4) is 0 Å². The zero-order chi connectivity index (χ0) is 12.5. The third-order valence-corrected chi connectivity index (χ3v) is 5.81. The molecular formula is C16H29NO. The minimum Gasteiger partial charge on any atom is -0.391 e. The van der Waals surface area contributed by atoms with Crippen LogP contribution in [-0.2, 0) is 0 Å². The fourth-order valence-corrected chi connectivity index (χ4v) is 4.82. The highest BCUT2D eigenvalue weighted by Gasteiger charge is 2.42. The molecule has 3 fully saturated rings. The molecule has 0 amide bonds. The highest BCUT2D eigenvalue weighted by atomic mass is 16.3. The van der Waals surface area contributed by atoms with Crippen molar-refractivity contribution in [1.29, 1.82) is 0 Å². The number of rotatable bonds is 3. The number of nitrogens with zero attached hydrogens (tertiary/aromatic N) is 1. The summed E-state index contributed by atoms with van der Waals surface area (Å²) >= 11 is 0. The average molecular weight is 251 g/mol. The van der Waals surface area contributed by atoms with Crippen molar-refractivity contribution in [2.24, 2.45) is 17.8 Å². The van der Waals surface area contributed by atoms with Gasteiger partial charge in [0, 0.05) is 19.1 Å². The molecule has 1 heterocycles. The van der Waals surface area contributed by atoms with Gasteiger partial charge in [0.05, 0.1) is 6.10 Å². The Morgan fingerprint density at radius 3 is 2.44 bits per heavy atom. The lowest BCUT2D eigenvalue weighted by Gasteiger charge is -2.39. The van der Waals surface area contributed by atoms with Crippen molar-refractivity contribution in [3.8, 4) is 0 Å². The maximum Gasteiger partial charge on any atom is 0.0695 e. The first-order valence-corrected chi connectivity index (χ1v) is 8.20. The molecule has 1 saturated heterocycles. The van der Waals surface area contributed by atoms with Crippen LogP contribution in [0, 0.1) is 17.8 Å². The molecule has 1 N–H and O–H groups in total. The SMILES string of the molecule is CCCC1CCC(O)C(N2CC3CCCC3C2)C1. The first-order chi connectivity index (χ1) is 8.78. The van der Waals surface area contributed by atoms with Crippen LogP contribution in [-0.4, -0.2) is 35.2 Å². The average Bonchev–Trinajstić information content (AvgIpc) is 2.92. The Morgan fingerprint density at radius 1 is 1.06 bits per heavy atom. The number of aliphatic hydroxyl groups is 1. The fourth-order valence-electron chi connectivity index (χ4n) is 4.82. The Labute approximate surface area is 112 Å². The largest absolute Gasteiger partial charge is 0.391 e. The van der Waals surface area contributed by atoms with E-state index in [4.69, 9.17) is 0 Å². The van der Waals surface area contributed by atoms with E-state index in [1.807, 2.05) is 0 Å². The van der Waals surface area contributed by atoms with Crippen molar-refractivity contribution < 1.29 is 5.11 Å². The maximum absolute atomic E-state index is 10.3. The van der Waals surface area contributed by atoms with Gasteiger partial charge in [-0.1, -0.05) is 26.2 Å². The second kappa shape index (κ2) is 5.50. The number of fused-ring (bicyclic) bond motifs is 1. The second-order valence-corrected chi connectivity index (χ2v) is 7.01. The van der Waals surface area contributed by atoms with Crippen LogP contribution in [0.2, 0.25) is 0 Å². The Kier molecular flexibility index (Phi) is 3.95. The number of likely N-dealkylation sites (tertiary alicyclic amines) is 1. The molecule has 5 unspecified atom stereocenters. The Bertz CT molecular complexity index is 268. The van der Waals surface area contributed by atoms with Gasteiger partial charge in [0.2, 0.25) is 0 Å². The van der Waals surface area contributed by atoms with E-state index in [1.54, 1.807) is 0 Å². The first kappa shape index (κ1) is 12.9. The highest BCUT2D eigenvalue weighted by Crippen LogP contribution is 2.41. The molecule has 0 bridgehead atoms. The quantitative estimate of drug-likeness (QED) is 0.833. The second-order valence-electron chi connectivity index (χ2n) is 7.01. The monoisotopic (exact) mass is 251 g/mol. The van der Waals surface area contributed by atoms with Crippen molar-refractivity contribution in [3.05, 3.63) is 0 Å². The van der Waals surface area contributed by atoms with Crippen molar-refractivity contribution in [2.75, 3.05) is 13.1 Å². The van der Waals surface area contributed by atoms with E-state index in [-0.39, 0.29) is 6.10 Å². The zero-order valence-corrected chi connectivity index (χ0v) is 11.9. The molecule has 0 radical (unpaired) electrons. The third kappa shape index (κ3) is 2.46. The van der Waals surface area contributed by atoms with Gasteiger partial charge < -0.3 is 5.11 Å². The molecule has 0 aromatic heterocycles. The molecule has 3 aliphatic rings. The van der Waals surface area contributed by atoms with Crippen molar-refractivity contribution in [1.82, 2.24) is 4.90 Å². The molecule has 5 atom stereocenters. The van der Waals surface area contributed by atoms with Crippen LogP contribution in [0.5, 0.6) is 0 Å². The Morgan fingerprint density at radius 2 is 1.78 bits per heavy atom. The molecule has 18 heavy (non-hydrogen) atoms. The summed E-state index contributed by atoms with van der Waals surface area (Å²) in [5.41, 5.74) is 0. The molecule has 104 valence electrons. The molecule has 2 saturated carbocycles. The Balaban J connectivity index is 1.60. The Hall–Kier alpha value is -0.0800. The van der Waals surface area contributed by atoms with Gasteiger partial charge in [-0.05, 0) is 49.9 Å². The fraction of sp³-hybridized carbons (Fsp3) is 1.00. The van der Waals surface area contributed by atoms with Gasteiger partial charge in [-0.2, -0.15) is 0 Å². The summed E-state index contributed by atoms with van der Waals surface area (Å²) in [6, 6.07) is 0.487. The molecule has 0 aromatic rings. The van der Waals surface area contributed by atoms with Gasteiger partial charge in [-0.15, -0.1) is 0 Å². The van der Waals surface area contributed by atoms with E-state index in [1.165, 1.54) is 58.0 Å². The summed E-state index contributed by atoms with van der Waals surface area (Å²) in [6.07, 6.45) is 10.5. The molecular weight excluding hydrogens is 222 g/mol. The predicted octanol–water partition coefficient (Wildman–Crippen LogP) is 3.05. The molecule has 0 aromatic carbocycles. The van der Waals surface area contributed by atoms with Gasteiger partial charge in [0.25, 0.3) is 0 Å².